The highest BCUT2D eigenvalue weighted by Crippen LogP contribution is 2.15. The van der Waals surface area contributed by atoms with Crippen LogP contribution in [0.5, 0.6) is 5.75 Å². The molecule has 0 aliphatic carbocycles. The molecular weight excluding hydrogens is 308 g/mol. The van der Waals surface area contributed by atoms with E-state index in [1.54, 1.807) is 11.0 Å². The van der Waals surface area contributed by atoms with E-state index in [9.17, 15) is 9.59 Å². The Hall–Kier alpha value is -2.76. The van der Waals surface area contributed by atoms with Crippen molar-refractivity contribution in [2.45, 2.75) is 19.4 Å². The van der Waals surface area contributed by atoms with Crippen molar-refractivity contribution in [1.29, 1.82) is 0 Å². The lowest BCUT2D eigenvalue weighted by molar-refractivity contribution is -0.129. The summed E-state index contributed by atoms with van der Waals surface area (Å²) >= 11 is 0. The summed E-state index contributed by atoms with van der Waals surface area (Å²) < 4.78 is 10.9. The largest absolute Gasteiger partial charge is 0.489 e. The zero-order valence-corrected chi connectivity index (χ0v) is 13.4. The molecule has 2 heterocycles. The van der Waals surface area contributed by atoms with Gasteiger partial charge in [-0.3, -0.25) is 9.59 Å². The van der Waals surface area contributed by atoms with Gasteiger partial charge in [0.1, 0.15) is 12.4 Å². The molecule has 126 valence electrons. The van der Waals surface area contributed by atoms with Crippen molar-refractivity contribution in [1.82, 2.24) is 10.2 Å². The van der Waals surface area contributed by atoms with E-state index in [0.29, 0.717) is 11.3 Å². The van der Waals surface area contributed by atoms with E-state index >= 15 is 0 Å². The lowest BCUT2D eigenvalue weighted by Crippen LogP contribution is -2.38. The topological polar surface area (TPSA) is 71.8 Å². The highest BCUT2D eigenvalue weighted by Gasteiger charge is 2.20. The van der Waals surface area contributed by atoms with Gasteiger partial charge in [-0.2, -0.15) is 0 Å². The molecule has 3 rings (SSSR count). The van der Waals surface area contributed by atoms with Crippen LogP contribution in [0.3, 0.4) is 0 Å². The quantitative estimate of drug-likeness (QED) is 0.882. The van der Waals surface area contributed by atoms with Gasteiger partial charge in [0.05, 0.1) is 12.8 Å². The molecule has 1 saturated heterocycles. The molecule has 0 saturated carbocycles. The number of nitrogens with one attached hydrogen (secondary N) is 1. The van der Waals surface area contributed by atoms with Gasteiger partial charge in [-0.15, -0.1) is 0 Å². The van der Waals surface area contributed by atoms with Gasteiger partial charge in [-0.1, -0.05) is 18.2 Å². The molecule has 2 amide bonds. The number of carbonyl (C=O) groups is 2. The summed E-state index contributed by atoms with van der Waals surface area (Å²) in [7, 11) is 0. The number of furan rings is 1. The molecule has 1 aliphatic rings. The zero-order valence-electron chi connectivity index (χ0n) is 13.4. The van der Waals surface area contributed by atoms with Crippen LogP contribution in [0.25, 0.3) is 0 Å². The average molecular weight is 328 g/mol. The first kappa shape index (κ1) is 16.1. The first-order chi connectivity index (χ1) is 11.7. The molecule has 0 unspecified atom stereocenters. The summed E-state index contributed by atoms with van der Waals surface area (Å²) in [5.41, 5.74) is 0.643. The number of hydrogen-bond donors (Lipinski definition) is 1. The Balaban J connectivity index is 1.53. The van der Waals surface area contributed by atoms with Gasteiger partial charge in [0, 0.05) is 18.7 Å². The predicted molar refractivity (Wildman–Crippen MR) is 87.6 cm³/mol. The summed E-state index contributed by atoms with van der Waals surface area (Å²) in [5, 5.41) is 2.62. The molecule has 24 heavy (non-hydrogen) atoms. The number of hydrogen-bond acceptors (Lipinski definition) is 4. The predicted octanol–water partition coefficient (Wildman–Crippen LogP) is 2.21. The molecule has 1 aromatic heterocycles. The van der Waals surface area contributed by atoms with Gasteiger partial charge in [-0.05, 0) is 31.0 Å². The van der Waals surface area contributed by atoms with Crippen molar-refractivity contribution in [3.8, 4) is 5.75 Å². The van der Waals surface area contributed by atoms with Crippen molar-refractivity contribution in [3.63, 3.8) is 0 Å². The van der Waals surface area contributed by atoms with Gasteiger partial charge < -0.3 is 19.4 Å². The van der Waals surface area contributed by atoms with Crippen molar-refractivity contribution >= 4 is 11.8 Å². The van der Waals surface area contributed by atoms with E-state index in [1.165, 1.54) is 6.26 Å². The van der Waals surface area contributed by atoms with Gasteiger partial charge in [0.25, 0.3) is 5.91 Å². The fourth-order valence-electron chi connectivity index (χ4n) is 2.64. The van der Waals surface area contributed by atoms with Crippen LogP contribution in [-0.4, -0.2) is 36.3 Å². The fourth-order valence-corrected chi connectivity index (χ4v) is 2.64. The van der Waals surface area contributed by atoms with E-state index in [2.05, 4.69) is 5.32 Å². The lowest BCUT2D eigenvalue weighted by Gasteiger charge is -2.15. The van der Waals surface area contributed by atoms with Gasteiger partial charge in [0.15, 0.2) is 5.76 Å². The van der Waals surface area contributed by atoms with E-state index < -0.39 is 5.91 Å². The summed E-state index contributed by atoms with van der Waals surface area (Å²) in [5.74, 6) is 0.433. The Labute approximate surface area is 140 Å². The van der Waals surface area contributed by atoms with Gasteiger partial charge >= 0.3 is 0 Å². The smallest absolute Gasteiger partial charge is 0.287 e. The number of benzene rings is 1. The van der Waals surface area contributed by atoms with E-state index in [1.807, 2.05) is 30.3 Å². The average Bonchev–Trinajstić information content (AvgIpc) is 3.30. The first-order valence-electron chi connectivity index (χ1n) is 8.04. The molecule has 1 aliphatic heterocycles. The molecular formula is C18H20N2O4. The third kappa shape index (κ3) is 3.95. The van der Waals surface area contributed by atoms with Crippen molar-refractivity contribution in [2.24, 2.45) is 0 Å². The van der Waals surface area contributed by atoms with Crippen LogP contribution in [-0.2, 0) is 11.4 Å². The number of carbonyl (C=O) groups excluding carboxylic acids is 2. The maximum absolute atomic E-state index is 12.2. The highest BCUT2D eigenvalue weighted by molar-refractivity contribution is 5.95. The minimum Gasteiger partial charge on any atom is -0.489 e. The third-order valence-electron chi connectivity index (χ3n) is 3.95. The van der Waals surface area contributed by atoms with Crippen molar-refractivity contribution in [3.05, 3.63) is 54.0 Å². The number of ether oxygens (including phenoxy) is 1. The second-order valence-corrected chi connectivity index (χ2v) is 5.65. The number of nitrogens with zero attached hydrogens (tertiary/aromatic N) is 1. The van der Waals surface area contributed by atoms with Gasteiger partial charge in [-0.25, -0.2) is 0 Å². The molecule has 6 nitrogen and oxygen atoms in total. The second kappa shape index (κ2) is 7.68. The van der Waals surface area contributed by atoms with Crippen molar-refractivity contribution in [2.75, 3.05) is 19.6 Å². The van der Waals surface area contributed by atoms with Crippen LogP contribution in [0.4, 0.5) is 0 Å². The summed E-state index contributed by atoms with van der Waals surface area (Å²) in [6, 6.07) is 11.0. The molecule has 0 atom stereocenters. The van der Waals surface area contributed by atoms with E-state index in [4.69, 9.17) is 9.15 Å². The first-order valence-corrected chi connectivity index (χ1v) is 8.04. The van der Waals surface area contributed by atoms with Crippen molar-refractivity contribution < 1.29 is 18.7 Å². The van der Waals surface area contributed by atoms with Crippen LogP contribution >= 0.6 is 0 Å². The molecule has 0 bridgehead atoms. The van der Waals surface area contributed by atoms with Crippen LogP contribution in [0, 0.1) is 0 Å². The SMILES string of the molecule is O=C(NCC(=O)N1CCCC1)c1occc1COc1ccccc1. The number of rotatable bonds is 6. The maximum atomic E-state index is 12.2. The number of amides is 2. The van der Waals surface area contributed by atoms with E-state index in [-0.39, 0.29) is 24.8 Å². The zero-order chi connectivity index (χ0) is 16.8. The summed E-state index contributed by atoms with van der Waals surface area (Å²) in [6.07, 6.45) is 3.50. The van der Waals surface area contributed by atoms with Crippen LogP contribution < -0.4 is 10.1 Å². The molecule has 1 fully saturated rings. The normalized spacial score (nSPS) is 13.8. The second-order valence-electron chi connectivity index (χ2n) is 5.65. The minimum atomic E-state index is -0.404. The van der Waals surface area contributed by atoms with Crippen LogP contribution in [0.15, 0.2) is 47.1 Å². The molecule has 6 heteroatoms. The Morgan fingerprint density at radius 2 is 1.88 bits per heavy atom. The minimum absolute atomic E-state index is 0.0154. The van der Waals surface area contributed by atoms with Crippen LogP contribution in [0.1, 0.15) is 29.0 Å². The Morgan fingerprint density at radius 1 is 1.12 bits per heavy atom. The maximum Gasteiger partial charge on any atom is 0.287 e. The lowest BCUT2D eigenvalue weighted by atomic mass is 10.2. The number of para-hydroxylation sites is 1. The van der Waals surface area contributed by atoms with Gasteiger partial charge in [0.2, 0.25) is 5.91 Å². The number of likely N-dealkylation sites (tertiary alicyclic amines) is 1. The van der Waals surface area contributed by atoms with E-state index in [0.717, 1.165) is 25.9 Å². The fraction of sp³-hybridized carbons (Fsp3) is 0.333. The van der Waals surface area contributed by atoms with Crippen LogP contribution in [0.2, 0.25) is 0 Å². The molecule has 1 aromatic carbocycles. The molecule has 0 spiro atoms. The Morgan fingerprint density at radius 3 is 2.62 bits per heavy atom. The monoisotopic (exact) mass is 328 g/mol. The molecule has 2 aromatic rings. The summed E-state index contributed by atoms with van der Waals surface area (Å²) in [4.78, 5) is 26.0. The Bertz CT molecular complexity index is 690. The third-order valence-corrected chi connectivity index (χ3v) is 3.95. The Kier molecular flexibility index (Phi) is 5.15. The molecule has 0 radical (unpaired) electrons. The highest BCUT2D eigenvalue weighted by atomic mass is 16.5. The summed E-state index contributed by atoms with van der Waals surface area (Å²) in [6.45, 7) is 1.75. The standard InChI is InChI=1S/C18H20N2O4/c21-16(20-9-4-5-10-20)12-19-18(22)17-14(8-11-23-17)13-24-15-6-2-1-3-7-15/h1-3,6-8,11H,4-5,9-10,12-13H2,(H,19,22). The molecule has 1 N–H and O–H groups in total.